The Bertz CT molecular complexity index is 1110. The van der Waals surface area contributed by atoms with Crippen LogP contribution in [0.25, 0.3) is 10.8 Å². The van der Waals surface area contributed by atoms with Gasteiger partial charge in [-0.1, -0.05) is 97.2 Å². The van der Waals surface area contributed by atoms with Gasteiger partial charge in [0.2, 0.25) is 0 Å². The van der Waals surface area contributed by atoms with Crippen molar-refractivity contribution in [1.82, 2.24) is 9.80 Å². The molecule has 2 aliphatic rings. The van der Waals surface area contributed by atoms with E-state index in [0.29, 0.717) is 13.2 Å². The lowest BCUT2D eigenvalue weighted by Gasteiger charge is -2.28. The van der Waals surface area contributed by atoms with Crippen molar-refractivity contribution in [2.45, 2.75) is 12.8 Å². The van der Waals surface area contributed by atoms with Crippen LogP contribution in [0.1, 0.15) is 6.42 Å². The molecule has 4 nitrogen and oxygen atoms in total. The predicted octanol–water partition coefficient (Wildman–Crippen LogP) is 5.88. The van der Waals surface area contributed by atoms with E-state index in [9.17, 15) is 0 Å². The van der Waals surface area contributed by atoms with Gasteiger partial charge in [0.05, 0.1) is 13.2 Å². The first-order valence-corrected chi connectivity index (χ1v) is 12.0. The Kier molecular flexibility index (Phi) is 9.09. The molecule has 1 aliphatic carbocycles. The molecular formula is C30H34N2O2. The summed E-state index contributed by atoms with van der Waals surface area (Å²) in [5.74, 6) is 0.909. The minimum absolute atomic E-state index is 0.0151. The topological polar surface area (TPSA) is 24.9 Å². The third kappa shape index (κ3) is 7.16. The van der Waals surface area contributed by atoms with E-state index >= 15 is 0 Å². The van der Waals surface area contributed by atoms with Crippen LogP contribution in [0.4, 0.5) is 0 Å². The highest BCUT2D eigenvalue weighted by Crippen LogP contribution is 2.21. The second kappa shape index (κ2) is 12.9. The van der Waals surface area contributed by atoms with Crippen LogP contribution in [0.15, 0.2) is 115 Å². The fourth-order valence-electron chi connectivity index (χ4n) is 4.07. The molecule has 0 amide bonds. The number of ether oxygens (including phenoxy) is 2. The van der Waals surface area contributed by atoms with Crippen molar-refractivity contribution in [3.63, 3.8) is 0 Å². The van der Waals surface area contributed by atoms with Gasteiger partial charge in [0.1, 0.15) is 5.75 Å². The van der Waals surface area contributed by atoms with Crippen molar-refractivity contribution >= 4 is 10.8 Å². The van der Waals surface area contributed by atoms with E-state index in [0.717, 1.165) is 31.8 Å². The molecule has 1 fully saturated rings. The van der Waals surface area contributed by atoms with E-state index in [1.54, 1.807) is 0 Å². The van der Waals surface area contributed by atoms with Gasteiger partial charge >= 0.3 is 0 Å². The molecule has 1 heterocycles. The molecule has 2 aromatic rings. The third-order valence-corrected chi connectivity index (χ3v) is 5.87. The summed E-state index contributed by atoms with van der Waals surface area (Å²) in [4.78, 5) is 4.66. The Morgan fingerprint density at radius 1 is 0.794 bits per heavy atom. The summed E-state index contributed by atoms with van der Waals surface area (Å²) in [6, 6.07) is 14.6. The minimum Gasteiger partial charge on any atom is -0.493 e. The highest BCUT2D eigenvalue weighted by atomic mass is 16.5. The number of hydrogen-bond donors (Lipinski definition) is 0. The second-order valence-electron chi connectivity index (χ2n) is 8.50. The van der Waals surface area contributed by atoms with Crippen molar-refractivity contribution < 1.29 is 9.47 Å². The summed E-state index contributed by atoms with van der Waals surface area (Å²) in [7, 11) is 2.13. The molecule has 1 saturated heterocycles. The summed E-state index contributed by atoms with van der Waals surface area (Å²) >= 11 is 0. The summed E-state index contributed by atoms with van der Waals surface area (Å²) in [5, 5.41) is 2.43. The van der Waals surface area contributed by atoms with Crippen LogP contribution in [0.2, 0.25) is 0 Å². The van der Waals surface area contributed by atoms with Crippen LogP contribution >= 0.6 is 0 Å². The Hall–Kier alpha value is -3.18. The van der Waals surface area contributed by atoms with Crippen LogP contribution in [-0.4, -0.2) is 56.0 Å². The molecule has 1 aliphatic heterocycles. The number of rotatable bonds is 8. The van der Waals surface area contributed by atoms with Gasteiger partial charge in [-0.05, 0) is 35.5 Å². The zero-order chi connectivity index (χ0) is 23.4. The lowest BCUT2D eigenvalue weighted by atomic mass is 10.1. The largest absolute Gasteiger partial charge is 0.493 e. The smallest absolute Gasteiger partial charge is 0.168 e. The van der Waals surface area contributed by atoms with Crippen molar-refractivity contribution in [1.29, 1.82) is 0 Å². The van der Waals surface area contributed by atoms with E-state index < -0.39 is 0 Å². The zero-order valence-electron chi connectivity index (χ0n) is 19.9. The fraction of sp³-hybridized carbons (Fsp3) is 0.267. The molecule has 0 radical (unpaired) electrons. The van der Waals surface area contributed by atoms with E-state index in [2.05, 4.69) is 89.7 Å². The standard InChI is InChI=1S/C30H34N2O2/c1-31-20-21-32(25-26-14-9-7-5-3-2-4-6-8-10-15-26)30(31)34-23-13-22-33-29-19-18-27-16-11-12-17-28(27)24-29/h2-12,14-19,24,30H,13,20-23,25H2,1H3/b3-2-,4-2?,5-3?,6-4-,7-5-,8-6?,9-7?,10-8-,14-9?,15-10?,26-14?,26-15?. The monoisotopic (exact) mass is 454 g/mol. The van der Waals surface area contributed by atoms with Gasteiger partial charge in [0.25, 0.3) is 0 Å². The molecule has 4 heteroatoms. The minimum atomic E-state index is -0.0151. The lowest BCUT2D eigenvalue weighted by Crippen LogP contribution is -2.40. The molecule has 1 unspecified atom stereocenters. The van der Waals surface area contributed by atoms with Gasteiger partial charge in [-0.25, -0.2) is 0 Å². The molecule has 176 valence electrons. The first-order chi connectivity index (χ1) is 16.8. The lowest BCUT2D eigenvalue weighted by molar-refractivity contribution is -0.101. The SMILES string of the molecule is CN1CCN(CC2=C\C=C/C=C\C=C/C=C\C=C2)C1OCCCOc1ccc2ccccc2c1. The van der Waals surface area contributed by atoms with Crippen LogP contribution in [-0.2, 0) is 4.74 Å². The molecule has 0 spiro atoms. The van der Waals surface area contributed by atoms with Crippen LogP contribution in [0.5, 0.6) is 5.75 Å². The van der Waals surface area contributed by atoms with Gasteiger partial charge in [-0.3, -0.25) is 9.80 Å². The van der Waals surface area contributed by atoms with Crippen molar-refractivity contribution in [3.8, 4) is 5.75 Å². The normalized spacial score (nSPS) is 23.1. The van der Waals surface area contributed by atoms with Crippen molar-refractivity contribution in [2.24, 2.45) is 0 Å². The fourth-order valence-corrected chi connectivity index (χ4v) is 4.07. The van der Waals surface area contributed by atoms with Crippen molar-refractivity contribution in [2.75, 3.05) is 39.9 Å². The Morgan fingerprint density at radius 3 is 2.35 bits per heavy atom. The molecule has 0 aromatic heterocycles. The molecule has 4 rings (SSSR count). The van der Waals surface area contributed by atoms with Crippen LogP contribution < -0.4 is 4.74 Å². The number of fused-ring (bicyclic) bond motifs is 1. The van der Waals surface area contributed by atoms with E-state index in [1.165, 1.54) is 16.3 Å². The molecule has 0 N–H and O–H groups in total. The van der Waals surface area contributed by atoms with E-state index in [1.807, 2.05) is 36.4 Å². The summed E-state index contributed by atoms with van der Waals surface area (Å²) in [6.07, 6.45) is 23.6. The maximum Gasteiger partial charge on any atom is 0.168 e. The van der Waals surface area contributed by atoms with Crippen LogP contribution in [0.3, 0.4) is 0 Å². The molecule has 2 aromatic carbocycles. The first kappa shape index (κ1) is 24.0. The van der Waals surface area contributed by atoms with Gasteiger partial charge < -0.3 is 9.47 Å². The summed E-state index contributed by atoms with van der Waals surface area (Å²) < 4.78 is 12.3. The van der Waals surface area contributed by atoms with Gasteiger partial charge in [-0.15, -0.1) is 0 Å². The maximum atomic E-state index is 6.28. The average Bonchev–Trinajstić information content (AvgIpc) is 3.19. The maximum absolute atomic E-state index is 6.28. The molecule has 34 heavy (non-hydrogen) atoms. The molecule has 0 bridgehead atoms. The second-order valence-corrected chi connectivity index (χ2v) is 8.50. The highest BCUT2D eigenvalue weighted by molar-refractivity contribution is 5.83. The summed E-state index contributed by atoms with van der Waals surface area (Å²) in [5.41, 5.74) is 1.25. The third-order valence-electron chi connectivity index (χ3n) is 5.87. The Balaban J connectivity index is 1.26. The average molecular weight is 455 g/mol. The van der Waals surface area contributed by atoms with Gasteiger partial charge in [-0.2, -0.15) is 0 Å². The quantitative estimate of drug-likeness (QED) is 0.465. The number of allylic oxidation sites excluding steroid dienone is 10. The van der Waals surface area contributed by atoms with E-state index in [-0.39, 0.29) is 6.35 Å². The van der Waals surface area contributed by atoms with Crippen molar-refractivity contribution in [3.05, 3.63) is 115 Å². The Morgan fingerprint density at radius 2 is 1.53 bits per heavy atom. The van der Waals surface area contributed by atoms with Gasteiger partial charge in [0, 0.05) is 26.1 Å². The number of nitrogens with zero attached hydrogens (tertiary/aromatic N) is 2. The Labute approximate surface area is 203 Å². The van der Waals surface area contributed by atoms with Gasteiger partial charge in [0.15, 0.2) is 6.35 Å². The molecule has 0 saturated carbocycles. The molecular weight excluding hydrogens is 420 g/mol. The number of benzene rings is 2. The number of likely N-dealkylation sites (N-methyl/N-ethyl adjacent to an activating group) is 1. The predicted molar refractivity (Wildman–Crippen MR) is 142 cm³/mol. The highest BCUT2D eigenvalue weighted by Gasteiger charge is 2.29. The first-order valence-electron chi connectivity index (χ1n) is 12.0. The number of hydrogen-bond acceptors (Lipinski definition) is 4. The molecule has 1 atom stereocenters. The zero-order valence-corrected chi connectivity index (χ0v) is 19.9. The van der Waals surface area contributed by atoms with Crippen LogP contribution in [0, 0.1) is 0 Å². The summed E-state index contributed by atoms with van der Waals surface area (Å²) in [6.45, 7) is 4.13. The van der Waals surface area contributed by atoms with E-state index in [4.69, 9.17) is 9.47 Å².